The van der Waals surface area contributed by atoms with Crippen LogP contribution in [0.3, 0.4) is 0 Å². The number of hydrogen-bond acceptors (Lipinski definition) is 2. The number of thiophene rings is 1. The first-order chi connectivity index (χ1) is 7.72. The van der Waals surface area contributed by atoms with Crippen molar-refractivity contribution in [1.29, 1.82) is 0 Å². The second-order valence-electron chi connectivity index (χ2n) is 3.79. The van der Waals surface area contributed by atoms with Crippen LogP contribution in [-0.2, 0) is 0 Å². The average Bonchev–Trinajstić information content (AvgIpc) is 2.78. The highest BCUT2D eigenvalue weighted by Gasteiger charge is 2.12. The minimum absolute atomic E-state index is 0.252. The number of halogens is 1. The van der Waals surface area contributed by atoms with Crippen LogP contribution in [0.25, 0.3) is 0 Å². The van der Waals surface area contributed by atoms with Crippen LogP contribution in [0.5, 0.6) is 0 Å². The lowest BCUT2D eigenvalue weighted by atomic mass is 10.00. The molecule has 0 radical (unpaired) electrons. The summed E-state index contributed by atoms with van der Waals surface area (Å²) in [6.07, 6.45) is 0. The van der Waals surface area contributed by atoms with Crippen molar-refractivity contribution in [3.05, 3.63) is 56.7 Å². The molecule has 84 valence electrons. The zero-order chi connectivity index (χ0) is 11.5. The van der Waals surface area contributed by atoms with E-state index in [0.29, 0.717) is 0 Å². The van der Waals surface area contributed by atoms with Gasteiger partial charge >= 0.3 is 0 Å². The van der Waals surface area contributed by atoms with E-state index in [4.69, 9.17) is 11.6 Å². The summed E-state index contributed by atoms with van der Waals surface area (Å²) in [6, 6.07) is 8.58. The molecule has 2 aromatic rings. The van der Waals surface area contributed by atoms with Gasteiger partial charge in [-0.15, -0.1) is 0 Å². The predicted octanol–water partition coefficient (Wildman–Crippen LogP) is 4.02. The standard InChI is InChI=1S/C13H14ClNS/c1-9-7-10(3-4-12(9)14)13(15-2)11-5-6-16-8-11/h3-8,13,15H,1-2H3. The summed E-state index contributed by atoms with van der Waals surface area (Å²) in [5.41, 5.74) is 3.67. The quantitative estimate of drug-likeness (QED) is 0.869. The van der Waals surface area contributed by atoms with Gasteiger partial charge in [0.05, 0.1) is 6.04 Å². The molecule has 1 heterocycles. The summed E-state index contributed by atoms with van der Waals surface area (Å²) in [7, 11) is 1.98. The Kier molecular flexibility index (Phi) is 3.64. The average molecular weight is 252 g/mol. The lowest BCUT2D eigenvalue weighted by molar-refractivity contribution is 0.694. The van der Waals surface area contributed by atoms with Crippen LogP contribution in [0.2, 0.25) is 5.02 Å². The Bertz CT molecular complexity index is 465. The van der Waals surface area contributed by atoms with E-state index < -0.39 is 0 Å². The summed E-state index contributed by atoms with van der Waals surface area (Å²) in [5, 5.41) is 8.43. The molecule has 16 heavy (non-hydrogen) atoms. The molecule has 0 bridgehead atoms. The highest BCUT2D eigenvalue weighted by molar-refractivity contribution is 7.08. The Morgan fingerprint density at radius 2 is 2.06 bits per heavy atom. The van der Waals surface area contributed by atoms with E-state index >= 15 is 0 Å². The summed E-state index contributed by atoms with van der Waals surface area (Å²) in [5.74, 6) is 0. The van der Waals surface area contributed by atoms with Crippen LogP contribution in [0.1, 0.15) is 22.7 Å². The molecule has 0 saturated carbocycles. The van der Waals surface area contributed by atoms with Gasteiger partial charge in [-0.1, -0.05) is 23.7 Å². The van der Waals surface area contributed by atoms with Crippen LogP contribution in [0, 0.1) is 6.92 Å². The molecular formula is C13H14ClNS. The van der Waals surface area contributed by atoms with E-state index in [2.05, 4.69) is 34.3 Å². The van der Waals surface area contributed by atoms with E-state index in [0.717, 1.165) is 10.6 Å². The number of rotatable bonds is 3. The van der Waals surface area contributed by atoms with Gasteiger partial charge in [0, 0.05) is 5.02 Å². The third kappa shape index (κ3) is 2.29. The molecule has 1 atom stereocenters. The van der Waals surface area contributed by atoms with Gasteiger partial charge in [0.25, 0.3) is 0 Å². The summed E-state index contributed by atoms with van der Waals surface area (Å²) in [4.78, 5) is 0. The Hall–Kier alpha value is -0.830. The smallest absolute Gasteiger partial charge is 0.0582 e. The summed E-state index contributed by atoms with van der Waals surface area (Å²) < 4.78 is 0. The highest BCUT2D eigenvalue weighted by atomic mass is 35.5. The van der Waals surface area contributed by atoms with Gasteiger partial charge in [-0.25, -0.2) is 0 Å². The molecular weight excluding hydrogens is 238 g/mol. The van der Waals surface area contributed by atoms with Crippen LogP contribution in [0.4, 0.5) is 0 Å². The van der Waals surface area contributed by atoms with Crippen molar-refractivity contribution in [1.82, 2.24) is 5.32 Å². The van der Waals surface area contributed by atoms with Crippen LogP contribution in [-0.4, -0.2) is 7.05 Å². The third-order valence-corrected chi connectivity index (χ3v) is 3.81. The monoisotopic (exact) mass is 251 g/mol. The number of nitrogens with one attached hydrogen (secondary N) is 1. The van der Waals surface area contributed by atoms with Gasteiger partial charge in [0.1, 0.15) is 0 Å². The maximum atomic E-state index is 6.04. The molecule has 1 unspecified atom stereocenters. The second kappa shape index (κ2) is 5.00. The molecule has 0 saturated heterocycles. The van der Waals surface area contributed by atoms with Crippen molar-refractivity contribution in [2.24, 2.45) is 0 Å². The van der Waals surface area contributed by atoms with Gasteiger partial charge in [-0.3, -0.25) is 0 Å². The molecule has 0 spiro atoms. The highest BCUT2D eigenvalue weighted by Crippen LogP contribution is 2.26. The zero-order valence-corrected chi connectivity index (χ0v) is 10.9. The first-order valence-electron chi connectivity index (χ1n) is 5.18. The molecule has 1 aromatic heterocycles. The largest absolute Gasteiger partial charge is 0.309 e. The third-order valence-electron chi connectivity index (χ3n) is 2.68. The first-order valence-corrected chi connectivity index (χ1v) is 6.50. The maximum absolute atomic E-state index is 6.04. The Labute approximate surface area is 105 Å². The van der Waals surface area contributed by atoms with E-state index in [-0.39, 0.29) is 6.04 Å². The van der Waals surface area contributed by atoms with E-state index in [1.807, 2.05) is 20.0 Å². The lowest BCUT2D eigenvalue weighted by Crippen LogP contribution is -2.16. The summed E-state index contributed by atoms with van der Waals surface area (Å²) >= 11 is 7.75. The molecule has 1 N–H and O–H groups in total. The normalized spacial score (nSPS) is 12.7. The maximum Gasteiger partial charge on any atom is 0.0582 e. The van der Waals surface area contributed by atoms with Crippen molar-refractivity contribution in [2.75, 3.05) is 7.05 Å². The minimum Gasteiger partial charge on any atom is -0.309 e. The molecule has 0 amide bonds. The summed E-state index contributed by atoms with van der Waals surface area (Å²) in [6.45, 7) is 2.03. The molecule has 0 aliphatic rings. The zero-order valence-electron chi connectivity index (χ0n) is 9.33. The molecule has 0 aliphatic carbocycles. The Morgan fingerprint density at radius 3 is 2.62 bits per heavy atom. The Balaban J connectivity index is 2.37. The topological polar surface area (TPSA) is 12.0 Å². The van der Waals surface area contributed by atoms with Crippen molar-refractivity contribution in [3.8, 4) is 0 Å². The molecule has 3 heteroatoms. The predicted molar refractivity (Wildman–Crippen MR) is 71.4 cm³/mol. The van der Waals surface area contributed by atoms with Crippen molar-refractivity contribution >= 4 is 22.9 Å². The number of aryl methyl sites for hydroxylation is 1. The van der Waals surface area contributed by atoms with Gasteiger partial charge < -0.3 is 5.32 Å². The molecule has 0 aliphatic heterocycles. The second-order valence-corrected chi connectivity index (χ2v) is 4.97. The van der Waals surface area contributed by atoms with E-state index in [1.54, 1.807) is 11.3 Å². The minimum atomic E-state index is 0.252. The van der Waals surface area contributed by atoms with Crippen molar-refractivity contribution in [2.45, 2.75) is 13.0 Å². The molecule has 2 rings (SSSR count). The van der Waals surface area contributed by atoms with Gasteiger partial charge in [-0.05, 0) is 53.6 Å². The molecule has 1 nitrogen and oxygen atoms in total. The van der Waals surface area contributed by atoms with Crippen molar-refractivity contribution in [3.63, 3.8) is 0 Å². The van der Waals surface area contributed by atoms with Gasteiger partial charge in [0.15, 0.2) is 0 Å². The van der Waals surface area contributed by atoms with E-state index in [1.165, 1.54) is 11.1 Å². The lowest BCUT2D eigenvalue weighted by Gasteiger charge is -2.16. The van der Waals surface area contributed by atoms with Gasteiger partial charge in [-0.2, -0.15) is 11.3 Å². The van der Waals surface area contributed by atoms with Crippen LogP contribution >= 0.6 is 22.9 Å². The van der Waals surface area contributed by atoms with Crippen LogP contribution < -0.4 is 5.32 Å². The number of hydrogen-bond donors (Lipinski definition) is 1. The van der Waals surface area contributed by atoms with Crippen LogP contribution in [0.15, 0.2) is 35.0 Å². The molecule has 0 fully saturated rings. The number of benzene rings is 1. The fourth-order valence-electron chi connectivity index (χ4n) is 1.81. The van der Waals surface area contributed by atoms with Crippen molar-refractivity contribution < 1.29 is 0 Å². The fraction of sp³-hybridized carbons (Fsp3) is 0.231. The van der Waals surface area contributed by atoms with Gasteiger partial charge in [0.2, 0.25) is 0 Å². The Morgan fingerprint density at radius 1 is 1.25 bits per heavy atom. The SMILES string of the molecule is CNC(c1ccsc1)c1ccc(Cl)c(C)c1. The van der Waals surface area contributed by atoms with E-state index in [9.17, 15) is 0 Å². The fourth-order valence-corrected chi connectivity index (χ4v) is 2.62. The molecule has 1 aromatic carbocycles. The first kappa shape index (κ1) is 11.6.